The summed E-state index contributed by atoms with van der Waals surface area (Å²) < 4.78 is 23.0. The van der Waals surface area contributed by atoms with Crippen molar-refractivity contribution < 1.29 is 114 Å². The number of nitrogens with two attached hydrogens (primary N) is 1. The van der Waals surface area contributed by atoms with Crippen LogP contribution in [-0.4, -0.2) is 155 Å². The molecule has 2 saturated heterocycles. The van der Waals surface area contributed by atoms with Crippen LogP contribution in [0, 0.1) is 17.8 Å². The maximum absolute atomic E-state index is 12.7. The Morgan fingerprint density at radius 3 is 1.82 bits per heavy atom. The summed E-state index contributed by atoms with van der Waals surface area (Å²) in [4.78, 5) is 37.7. The van der Waals surface area contributed by atoms with Gasteiger partial charge in [-0.3, -0.25) is 9.59 Å². The van der Waals surface area contributed by atoms with E-state index in [4.69, 9.17) is 24.7 Å². The number of aliphatic carboxylic acids is 1. The molecule has 0 aliphatic carbocycles. The minimum atomic E-state index is -2.41. The van der Waals surface area contributed by atoms with E-state index in [1.54, 1.807) is 86.8 Å². The smallest absolute Gasteiger partial charge is 0.550 e. The first-order chi connectivity index (χ1) is 30.6. The second-order valence-corrected chi connectivity index (χ2v) is 17.4. The fraction of sp³-hybridized carbons (Fsp3) is 0.638. The van der Waals surface area contributed by atoms with Gasteiger partial charge in [-0.15, -0.1) is 0 Å². The number of rotatable bonds is 3. The van der Waals surface area contributed by atoms with Crippen LogP contribution in [0.15, 0.2) is 85.1 Å². The van der Waals surface area contributed by atoms with Crippen LogP contribution in [0.3, 0.4) is 0 Å². The van der Waals surface area contributed by atoms with Gasteiger partial charge in [0.05, 0.1) is 79.4 Å². The zero-order chi connectivity index (χ0) is 48.4. The number of fused-ring (bicyclic) bond motifs is 2. The van der Waals surface area contributed by atoms with E-state index in [9.17, 15) is 65.4 Å². The van der Waals surface area contributed by atoms with Crippen LogP contribution >= 0.6 is 0 Å². The molecule has 19 heteroatoms. The largest absolute Gasteiger partial charge is 1.00 e. The molecule has 3 aliphatic rings. The van der Waals surface area contributed by atoms with Gasteiger partial charge in [-0.25, -0.2) is 0 Å². The summed E-state index contributed by atoms with van der Waals surface area (Å²) in [5, 5.41) is 109. The van der Waals surface area contributed by atoms with Crippen LogP contribution in [0.25, 0.3) is 0 Å². The number of carbonyl (C=O) groups is 3. The predicted octanol–water partition coefficient (Wildman–Crippen LogP) is -3.41. The number of ketones is 1. The molecule has 11 N–H and O–H groups in total. The van der Waals surface area contributed by atoms with Crippen molar-refractivity contribution in [2.45, 2.75) is 170 Å². The van der Waals surface area contributed by atoms with Crippen LogP contribution in [0.1, 0.15) is 79.1 Å². The van der Waals surface area contributed by atoms with Crippen molar-refractivity contribution in [3.63, 3.8) is 0 Å². The summed E-state index contributed by atoms with van der Waals surface area (Å²) in [6.07, 6.45) is 3.19. The van der Waals surface area contributed by atoms with E-state index in [1.165, 1.54) is 13.0 Å². The number of carbonyl (C=O) groups excluding carboxylic acids is 3. The van der Waals surface area contributed by atoms with Gasteiger partial charge in [0.25, 0.3) is 0 Å². The van der Waals surface area contributed by atoms with E-state index in [0.717, 1.165) is 0 Å². The molecular weight excluding hydrogens is 873 g/mol. The van der Waals surface area contributed by atoms with E-state index >= 15 is 0 Å². The summed E-state index contributed by atoms with van der Waals surface area (Å²) in [6, 6.07) is -1.16. The molecule has 2 bridgehead atoms. The molecule has 0 aromatic rings. The first-order valence-electron chi connectivity index (χ1n) is 22.1. The summed E-state index contributed by atoms with van der Waals surface area (Å²) in [5.74, 6) is -7.91. The Morgan fingerprint density at radius 1 is 0.712 bits per heavy atom. The molecule has 0 radical (unpaired) electrons. The monoisotopic (exact) mass is 943 g/mol. The quantitative estimate of drug-likeness (QED) is 0.0974. The van der Waals surface area contributed by atoms with Gasteiger partial charge >= 0.3 is 35.5 Å². The van der Waals surface area contributed by atoms with Crippen LogP contribution in [0.4, 0.5) is 0 Å². The fourth-order valence-electron chi connectivity index (χ4n) is 7.81. The standard InChI is InChI=1S/C47H71NO17.Na/c1-27-17-15-13-11-9-7-5-6-8-10-12-14-16-18-34(64-46-44(58)41(48)43(57)30(4)63-46)24-38-40(45(59)60)37(54)26-47(61,65-38)25-36(53)35(52)20-19-31(49)21-32(50)22-33(51)23-39(55)62-29(3)28(2)42(27)56;/h5-18,27-30,32-38,40-44,46,50-54,56-58,61H,19-26,48H2,1-4H3,(H,59,60);/q;+1/p-1/b6-5+,9-7+,10-8+,13-11+,14-12+,17-15+,18-16+;. The van der Waals surface area contributed by atoms with Gasteiger partial charge in [-0.1, -0.05) is 98.9 Å². The summed E-state index contributed by atoms with van der Waals surface area (Å²) in [7, 11) is 0. The van der Waals surface area contributed by atoms with Crippen molar-refractivity contribution in [1.29, 1.82) is 0 Å². The third-order valence-electron chi connectivity index (χ3n) is 11.9. The maximum Gasteiger partial charge on any atom is 1.00 e. The van der Waals surface area contributed by atoms with E-state index in [1.807, 2.05) is 13.0 Å². The Labute approximate surface area is 408 Å². The van der Waals surface area contributed by atoms with Crippen LogP contribution in [0.2, 0.25) is 0 Å². The van der Waals surface area contributed by atoms with Gasteiger partial charge < -0.3 is 80.5 Å². The van der Waals surface area contributed by atoms with Gasteiger partial charge in [0.15, 0.2) is 12.1 Å². The number of cyclic esters (lactones) is 1. The Hall–Kier alpha value is -2.73. The van der Waals surface area contributed by atoms with Gasteiger partial charge in [0.2, 0.25) is 0 Å². The first-order valence-corrected chi connectivity index (χ1v) is 22.1. The third-order valence-corrected chi connectivity index (χ3v) is 11.9. The maximum atomic E-state index is 12.7. The number of allylic oxidation sites excluding steroid dienone is 12. The van der Waals surface area contributed by atoms with Gasteiger partial charge in [0, 0.05) is 56.3 Å². The SMILES string of the molecule is CC1/C=C/C=C/C=C/C=C/C=C/C=C/C=C/C(OC2OC(C)C(O)C(N)C2O)CC2OC(O)(CC(O)C(O)CCC(=O)CC(O)CC(O)CC(=O)OC(C)C(C)C1O)CC(O)C2C(=O)[O-].[Na+]. The number of aliphatic hydroxyl groups is 9. The zero-order valence-electron chi connectivity index (χ0n) is 38.4. The molecule has 18 nitrogen and oxygen atoms in total. The third kappa shape index (κ3) is 19.7. The summed E-state index contributed by atoms with van der Waals surface area (Å²) in [6.45, 7) is 6.69. The second kappa shape index (κ2) is 29.3. The normalized spacial score (nSPS) is 43.7. The Kier molecular flexibility index (Phi) is 26.4. The van der Waals surface area contributed by atoms with Gasteiger partial charge in [-0.2, -0.15) is 0 Å². The van der Waals surface area contributed by atoms with Crippen LogP contribution < -0.4 is 40.4 Å². The van der Waals surface area contributed by atoms with Crippen molar-refractivity contribution in [2.24, 2.45) is 23.5 Å². The minimum absolute atomic E-state index is 0. The first kappa shape index (κ1) is 59.4. The molecule has 0 spiro atoms. The number of esters is 1. The molecule has 3 aliphatic heterocycles. The molecule has 66 heavy (non-hydrogen) atoms. The fourth-order valence-corrected chi connectivity index (χ4v) is 7.81. The van der Waals surface area contributed by atoms with Crippen molar-refractivity contribution in [1.82, 2.24) is 0 Å². The molecule has 3 heterocycles. The number of Topliss-reactive ketones (excluding diaryl/α,β-unsaturated/α-hetero) is 1. The van der Waals surface area contributed by atoms with E-state index in [-0.39, 0.29) is 61.2 Å². The number of aliphatic hydroxyl groups excluding tert-OH is 8. The molecule has 0 saturated carbocycles. The molecule has 18 unspecified atom stereocenters. The van der Waals surface area contributed by atoms with Gasteiger partial charge in [-0.05, 0) is 20.3 Å². The Morgan fingerprint density at radius 2 is 1.24 bits per heavy atom. The number of hydrogen-bond donors (Lipinski definition) is 10. The Bertz CT molecular complexity index is 1720. The molecule has 18 atom stereocenters. The molecule has 3 rings (SSSR count). The van der Waals surface area contributed by atoms with E-state index < -0.39 is 147 Å². The number of ether oxygens (including phenoxy) is 4. The molecular formula is C47H70NNaO17. The average Bonchev–Trinajstić information content (AvgIpc) is 3.21. The van der Waals surface area contributed by atoms with Crippen molar-refractivity contribution in [3.05, 3.63) is 85.1 Å². The van der Waals surface area contributed by atoms with Crippen LogP contribution in [0.5, 0.6) is 0 Å². The number of carboxylic acid groups (broad SMARTS) is 1. The Balaban J connectivity index is 0.0000150. The van der Waals surface area contributed by atoms with E-state index in [2.05, 4.69) is 0 Å². The molecule has 366 valence electrons. The number of carboxylic acids is 1. The second-order valence-electron chi connectivity index (χ2n) is 17.4. The molecule has 2 fully saturated rings. The zero-order valence-corrected chi connectivity index (χ0v) is 40.4. The van der Waals surface area contributed by atoms with Crippen molar-refractivity contribution in [3.8, 4) is 0 Å². The minimum Gasteiger partial charge on any atom is -0.550 e. The molecule has 0 aromatic heterocycles. The summed E-state index contributed by atoms with van der Waals surface area (Å²) in [5.41, 5.74) is 6.00. The van der Waals surface area contributed by atoms with Crippen LogP contribution in [-0.2, 0) is 33.3 Å². The molecule has 0 amide bonds. The number of hydrogen-bond acceptors (Lipinski definition) is 18. The average molecular weight is 944 g/mol. The summed E-state index contributed by atoms with van der Waals surface area (Å²) >= 11 is 0. The van der Waals surface area contributed by atoms with E-state index in [0.29, 0.717) is 0 Å². The predicted molar refractivity (Wildman–Crippen MR) is 233 cm³/mol. The van der Waals surface area contributed by atoms with Gasteiger partial charge in [0.1, 0.15) is 18.0 Å². The van der Waals surface area contributed by atoms with Crippen molar-refractivity contribution >= 4 is 17.7 Å². The van der Waals surface area contributed by atoms with Crippen molar-refractivity contribution in [2.75, 3.05) is 0 Å². The molecule has 0 aromatic carbocycles. The topological polar surface area (TPSA) is 319 Å².